The molecule has 2 heterocycles. The average Bonchev–Trinajstić information content (AvgIpc) is 2.84. The SMILES string of the molecule is CCOC(=O)c1sccc1N1CC(O)CC1=O. The van der Waals surface area contributed by atoms with Gasteiger partial charge in [0, 0.05) is 0 Å². The van der Waals surface area contributed by atoms with Gasteiger partial charge in [-0.3, -0.25) is 4.79 Å². The number of hydrogen-bond donors (Lipinski definition) is 1. The third-order valence-corrected chi connectivity index (χ3v) is 3.38. The number of carbonyl (C=O) groups is 2. The Hall–Kier alpha value is -1.40. The second-order valence-electron chi connectivity index (χ2n) is 3.72. The molecule has 1 unspecified atom stereocenters. The predicted molar refractivity (Wildman–Crippen MR) is 63.3 cm³/mol. The van der Waals surface area contributed by atoms with E-state index in [0.29, 0.717) is 17.2 Å². The number of carbonyl (C=O) groups excluding carboxylic acids is 2. The van der Waals surface area contributed by atoms with Crippen molar-refractivity contribution in [1.29, 1.82) is 0 Å². The Bertz CT molecular complexity index is 442. The highest BCUT2D eigenvalue weighted by atomic mass is 32.1. The third-order valence-electron chi connectivity index (χ3n) is 2.50. The van der Waals surface area contributed by atoms with Crippen molar-refractivity contribution in [3.63, 3.8) is 0 Å². The fourth-order valence-corrected chi connectivity index (χ4v) is 2.57. The van der Waals surface area contributed by atoms with Crippen molar-refractivity contribution < 1.29 is 19.4 Å². The monoisotopic (exact) mass is 255 g/mol. The second-order valence-corrected chi connectivity index (χ2v) is 4.63. The molecule has 0 aromatic carbocycles. The van der Waals surface area contributed by atoms with Gasteiger partial charge in [0.25, 0.3) is 0 Å². The first-order valence-corrected chi connectivity index (χ1v) is 6.24. The first-order chi connectivity index (χ1) is 8.13. The molecule has 0 aliphatic carbocycles. The van der Waals surface area contributed by atoms with Crippen LogP contribution >= 0.6 is 11.3 Å². The first kappa shape index (κ1) is 12.1. The van der Waals surface area contributed by atoms with Crippen LogP contribution in [-0.4, -0.2) is 36.2 Å². The summed E-state index contributed by atoms with van der Waals surface area (Å²) in [4.78, 5) is 25.1. The summed E-state index contributed by atoms with van der Waals surface area (Å²) in [5, 5.41) is 11.2. The van der Waals surface area contributed by atoms with E-state index in [-0.39, 0.29) is 18.9 Å². The molecule has 2 rings (SSSR count). The first-order valence-electron chi connectivity index (χ1n) is 5.36. The van der Waals surface area contributed by atoms with Crippen LogP contribution in [0.15, 0.2) is 11.4 Å². The lowest BCUT2D eigenvalue weighted by atomic mass is 10.3. The highest BCUT2D eigenvalue weighted by Gasteiger charge is 2.32. The highest BCUT2D eigenvalue weighted by Crippen LogP contribution is 2.30. The maximum atomic E-state index is 11.7. The fourth-order valence-electron chi connectivity index (χ4n) is 1.79. The van der Waals surface area contributed by atoms with Crippen LogP contribution in [0.2, 0.25) is 0 Å². The number of ether oxygens (including phenoxy) is 1. The number of aliphatic hydroxyl groups excluding tert-OH is 1. The molecule has 1 atom stereocenters. The van der Waals surface area contributed by atoms with E-state index in [4.69, 9.17) is 4.74 Å². The minimum atomic E-state index is -0.655. The zero-order valence-electron chi connectivity index (χ0n) is 9.38. The molecule has 1 aliphatic heterocycles. The van der Waals surface area contributed by atoms with E-state index in [2.05, 4.69) is 0 Å². The smallest absolute Gasteiger partial charge is 0.350 e. The summed E-state index contributed by atoms with van der Waals surface area (Å²) >= 11 is 1.24. The second kappa shape index (κ2) is 4.85. The van der Waals surface area contributed by atoms with Crippen LogP contribution in [0.4, 0.5) is 5.69 Å². The number of hydrogen-bond acceptors (Lipinski definition) is 5. The maximum Gasteiger partial charge on any atom is 0.350 e. The lowest BCUT2D eigenvalue weighted by Crippen LogP contribution is -2.26. The minimum absolute atomic E-state index is 0.109. The summed E-state index contributed by atoms with van der Waals surface area (Å²) in [6.07, 6.45) is -0.546. The molecule has 1 N–H and O–H groups in total. The third kappa shape index (κ3) is 2.32. The van der Waals surface area contributed by atoms with Gasteiger partial charge < -0.3 is 14.7 Å². The molecule has 0 saturated carbocycles. The number of aliphatic hydroxyl groups is 1. The molecule has 17 heavy (non-hydrogen) atoms. The van der Waals surface area contributed by atoms with E-state index in [1.807, 2.05) is 0 Å². The standard InChI is InChI=1S/C11H13NO4S/c1-2-16-11(15)10-8(3-4-17-10)12-6-7(13)5-9(12)14/h3-4,7,13H,2,5-6H2,1H3. The summed E-state index contributed by atoms with van der Waals surface area (Å²) < 4.78 is 4.92. The van der Waals surface area contributed by atoms with E-state index in [0.717, 1.165) is 0 Å². The molecule has 1 saturated heterocycles. The summed E-state index contributed by atoms with van der Waals surface area (Å²) in [7, 11) is 0. The number of nitrogens with zero attached hydrogens (tertiary/aromatic N) is 1. The number of thiophene rings is 1. The van der Waals surface area contributed by atoms with Gasteiger partial charge >= 0.3 is 5.97 Å². The maximum absolute atomic E-state index is 11.7. The molecule has 0 bridgehead atoms. The molecule has 1 aromatic rings. The molecule has 0 spiro atoms. The molecule has 1 aliphatic rings. The molecule has 92 valence electrons. The van der Waals surface area contributed by atoms with Gasteiger partial charge in [-0.2, -0.15) is 0 Å². The lowest BCUT2D eigenvalue weighted by Gasteiger charge is -2.15. The summed E-state index contributed by atoms with van der Waals surface area (Å²) in [6, 6.07) is 1.70. The van der Waals surface area contributed by atoms with Crippen LogP contribution < -0.4 is 4.90 Å². The van der Waals surface area contributed by atoms with Gasteiger partial charge in [-0.05, 0) is 18.4 Å². The van der Waals surface area contributed by atoms with Crippen molar-refractivity contribution in [2.24, 2.45) is 0 Å². The molecular weight excluding hydrogens is 242 g/mol. The number of esters is 1. The quantitative estimate of drug-likeness (QED) is 0.819. The lowest BCUT2D eigenvalue weighted by molar-refractivity contribution is -0.117. The van der Waals surface area contributed by atoms with Gasteiger partial charge in [-0.15, -0.1) is 11.3 Å². The predicted octanol–water partition coefficient (Wildman–Crippen LogP) is 1.02. The van der Waals surface area contributed by atoms with Gasteiger partial charge in [-0.25, -0.2) is 4.79 Å². The zero-order chi connectivity index (χ0) is 12.4. The summed E-state index contributed by atoms with van der Waals surface area (Å²) in [5.41, 5.74) is 0.537. The van der Waals surface area contributed by atoms with Gasteiger partial charge in [-0.1, -0.05) is 0 Å². The summed E-state index contributed by atoms with van der Waals surface area (Å²) in [5.74, 6) is -0.590. The number of β-amino-alcohol motifs (C(OH)–C–C–N with tert-alkyl or cyclic N) is 1. The topological polar surface area (TPSA) is 66.8 Å². The van der Waals surface area contributed by atoms with E-state index in [9.17, 15) is 14.7 Å². The zero-order valence-corrected chi connectivity index (χ0v) is 10.2. The van der Waals surface area contributed by atoms with E-state index < -0.39 is 12.1 Å². The van der Waals surface area contributed by atoms with Crippen molar-refractivity contribution in [2.75, 3.05) is 18.1 Å². The molecule has 1 amide bonds. The fraction of sp³-hybridized carbons (Fsp3) is 0.455. The number of amides is 1. The van der Waals surface area contributed by atoms with Crippen LogP contribution in [0.1, 0.15) is 23.0 Å². The van der Waals surface area contributed by atoms with Crippen molar-refractivity contribution >= 4 is 28.9 Å². The average molecular weight is 255 g/mol. The van der Waals surface area contributed by atoms with E-state index >= 15 is 0 Å². The Morgan fingerprint density at radius 1 is 1.71 bits per heavy atom. The van der Waals surface area contributed by atoms with Crippen LogP contribution in [0.5, 0.6) is 0 Å². The van der Waals surface area contributed by atoms with Crippen molar-refractivity contribution in [3.05, 3.63) is 16.3 Å². The molecule has 5 nitrogen and oxygen atoms in total. The van der Waals surface area contributed by atoms with Crippen molar-refractivity contribution in [2.45, 2.75) is 19.4 Å². The van der Waals surface area contributed by atoms with Crippen LogP contribution in [0.3, 0.4) is 0 Å². The van der Waals surface area contributed by atoms with E-state index in [1.54, 1.807) is 18.4 Å². The Kier molecular flexibility index (Phi) is 3.44. The Morgan fingerprint density at radius 3 is 3.06 bits per heavy atom. The molecular formula is C11H13NO4S. The molecule has 0 radical (unpaired) electrons. The molecule has 1 fully saturated rings. The largest absolute Gasteiger partial charge is 0.462 e. The number of anilines is 1. The van der Waals surface area contributed by atoms with Crippen molar-refractivity contribution in [3.8, 4) is 0 Å². The highest BCUT2D eigenvalue weighted by molar-refractivity contribution is 7.12. The Morgan fingerprint density at radius 2 is 2.47 bits per heavy atom. The Labute approximate surface area is 103 Å². The molecule has 1 aromatic heterocycles. The van der Waals surface area contributed by atoms with Crippen LogP contribution in [0.25, 0.3) is 0 Å². The summed E-state index contributed by atoms with van der Waals surface area (Å²) in [6.45, 7) is 2.27. The normalized spacial score (nSPS) is 19.8. The van der Waals surface area contributed by atoms with Crippen molar-refractivity contribution in [1.82, 2.24) is 0 Å². The van der Waals surface area contributed by atoms with Gasteiger partial charge in [0.1, 0.15) is 4.88 Å². The van der Waals surface area contributed by atoms with E-state index in [1.165, 1.54) is 16.2 Å². The van der Waals surface area contributed by atoms with Crippen LogP contribution in [-0.2, 0) is 9.53 Å². The molecule has 6 heteroatoms. The number of rotatable bonds is 3. The van der Waals surface area contributed by atoms with Gasteiger partial charge in [0.2, 0.25) is 5.91 Å². The van der Waals surface area contributed by atoms with Gasteiger partial charge in [0.15, 0.2) is 0 Å². The van der Waals surface area contributed by atoms with Crippen LogP contribution in [0, 0.1) is 0 Å². The van der Waals surface area contributed by atoms with Gasteiger partial charge in [0.05, 0.1) is 31.4 Å². The minimum Gasteiger partial charge on any atom is -0.462 e. The Balaban J connectivity index is 2.25.